The highest BCUT2D eigenvalue weighted by Gasteiger charge is 2.46. The number of anilines is 2. The van der Waals surface area contributed by atoms with Gasteiger partial charge in [0.2, 0.25) is 0 Å². The number of methoxy groups -OCH3 is 1. The molecule has 11 heteroatoms. The summed E-state index contributed by atoms with van der Waals surface area (Å²) in [5.74, 6) is -0.486. The Hall–Kier alpha value is -3.24. The molecule has 0 aliphatic carbocycles. The Kier molecular flexibility index (Phi) is 4.81. The van der Waals surface area contributed by atoms with Crippen molar-refractivity contribution < 1.29 is 33.0 Å². The highest BCUT2D eigenvalue weighted by atomic mass is 19.1. The van der Waals surface area contributed by atoms with Crippen molar-refractivity contribution >= 4 is 29.7 Å². The van der Waals surface area contributed by atoms with Gasteiger partial charge in [-0.25, -0.2) is 18.8 Å². The average Bonchev–Trinajstić information content (AvgIpc) is 3.35. The van der Waals surface area contributed by atoms with E-state index in [1.54, 1.807) is 19.2 Å². The molecule has 1 N–H and O–H groups in total. The van der Waals surface area contributed by atoms with Gasteiger partial charge in [0.05, 0.1) is 44.2 Å². The summed E-state index contributed by atoms with van der Waals surface area (Å²) in [6.45, 7) is 1.15. The van der Waals surface area contributed by atoms with Gasteiger partial charge in [-0.15, -0.1) is 0 Å². The molecule has 3 amide bonds. The molecule has 3 fully saturated rings. The summed E-state index contributed by atoms with van der Waals surface area (Å²) in [7, 11) is 2.91. The maximum absolute atomic E-state index is 14.8. The quantitative estimate of drug-likeness (QED) is 0.746. The predicted octanol–water partition coefficient (Wildman–Crippen LogP) is 1.15. The lowest BCUT2D eigenvalue weighted by Gasteiger charge is -2.23. The van der Waals surface area contributed by atoms with Gasteiger partial charge in [0.25, 0.3) is 0 Å². The smallest absolute Gasteiger partial charge is 0.414 e. The Morgan fingerprint density at radius 1 is 1.24 bits per heavy atom. The van der Waals surface area contributed by atoms with Crippen molar-refractivity contribution in [2.24, 2.45) is 0 Å². The number of amides is 3. The Balaban J connectivity index is 1.42. The van der Waals surface area contributed by atoms with Crippen molar-refractivity contribution in [3.63, 3.8) is 0 Å². The fourth-order valence-corrected chi connectivity index (χ4v) is 3.82. The Bertz CT molecular complexity index is 852. The second kappa shape index (κ2) is 7.30. The number of nitrogens with zero attached hydrogens (tertiary/aromatic N) is 3. The number of carbonyl (C=O) groups is 3. The standard InChI is InChI=1S/C18H21FN4O6/c1-21-14-8-22(9-15(14)29-17(21)25)13-4-3-10(5-12(13)19)23-7-11(28-18(23)26)6-20-16(24)27-2/h3-5,11,14-15H,6-9H2,1-2H3,(H,20,24)/t11-,14-,15+/m0/s1. The largest absolute Gasteiger partial charge is 0.453 e. The summed E-state index contributed by atoms with van der Waals surface area (Å²) in [6.07, 6.45) is -2.45. The van der Waals surface area contributed by atoms with E-state index >= 15 is 0 Å². The summed E-state index contributed by atoms with van der Waals surface area (Å²) in [4.78, 5) is 39.5. The molecule has 1 aromatic carbocycles. The van der Waals surface area contributed by atoms with Crippen LogP contribution in [-0.4, -0.2) is 81.8 Å². The van der Waals surface area contributed by atoms with E-state index in [0.29, 0.717) is 24.5 Å². The number of hydrogen-bond acceptors (Lipinski definition) is 7. The third-order valence-corrected chi connectivity index (χ3v) is 5.39. The van der Waals surface area contributed by atoms with E-state index in [0.717, 1.165) is 0 Å². The van der Waals surface area contributed by atoms with Gasteiger partial charge in [0.15, 0.2) is 0 Å². The first-order valence-corrected chi connectivity index (χ1v) is 9.15. The van der Waals surface area contributed by atoms with Crippen LogP contribution in [-0.2, 0) is 14.2 Å². The van der Waals surface area contributed by atoms with Gasteiger partial charge in [-0.2, -0.15) is 0 Å². The first kappa shape index (κ1) is 19.1. The first-order chi connectivity index (χ1) is 13.9. The van der Waals surface area contributed by atoms with Crippen LogP contribution >= 0.6 is 0 Å². The Morgan fingerprint density at radius 2 is 2.03 bits per heavy atom. The topological polar surface area (TPSA) is 101 Å². The molecule has 3 atom stereocenters. The van der Waals surface area contributed by atoms with Gasteiger partial charge in [-0.05, 0) is 18.2 Å². The second-order valence-corrected chi connectivity index (χ2v) is 7.13. The van der Waals surface area contributed by atoms with Crippen LogP contribution < -0.4 is 15.1 Å². The molecule has 3 saturated heterocycles. The predicted molar refractivity (Wildman–Crippen MR) is 98.5 cm³/mol. The number of nitrogens with one attached hydrogen (secondary N) is 1. The van der Waals surface area contributed by atoms with Crippen LogP contribution in [0.15, 0.2) is 18.2 Å². The molecule has 0 saturated carbocycles. The third-order valence-electron chi connectivity index (χ3n) is 5.39. The fraction of sp³-hybridized carbons (Fsp3) is 0.500. The van der Waals surface area contributed by atoms with Crippen LogP contribution in [0, 0.1) is 5.82 Å². The minimum Gasteiger partial charge on any atom is -0.453 e. The number of halogens is 1. The van der Waals surface area contributed by atoms with E-state index in [9.17, 15) is 18.8 Å². The summed E-state index contributed by atoms with van der Waals surface area (Å²) in [6, 6.07) is 4.40. The zero-order valence-electron chi connectivity index (χ0n) is 16.0. The molecule has 156 valence electrons. The summed E-state index contributed by atoms with van der Waals surface area (Å²) < 4.78 is 29.8. The number of carbonyl (C=O) groups excluding carboxylic acids is 3. The number of alkyl carbamates (subject to hydrolysis) is 1. The van der Waals surface area contributed by atoms with Crippen molar-refractivity contribution in [2.45, 2.75) is 18.2 Å². The molecule has 4 rings (SSSR count). The van der Waals surface area contributed by atoms with E-state index in [4.69, 9.17) is 9.47 Å². The van der Waals surface area contributed by atoms with E-state index in [-0.39, 0.29) is 31.3 Å². The number of likely N-dealkylation sites (N-methyl/N-ethyl adjacent to an activating group) is 1. The SMILES string of the molecule is COC(=O)NC[C@H]1CN(c2ccc(N3C[C@H]4OC(=O)N(C)[C@H]4C3)c(F)c2)C(=O)O1. The van der Waals surface area contributed by atoms with Crippen LogP contribution in [0.25, 0.3) is 0 Å². The minimum atomic E-state index is -0.624. The Labute approximate surface area is 166 Å². The lowest BCUT2D eigenvalue weighted by molar-refractivity contribution is 0.132. The van der Waals surface area contributed by atoms with Crippen LogP contribution in [0.4, 0.5) is 30.1 Å². The molecule has 3 aliphatic heterocycles. The van der Waals surface area contributed by atoms with Crippen LogP contribution in [0.2, 0.25) is 0 Å². The van der Waals surface area contributed by atoms with Gasteiger partial charge in [0.1, 0.15) is 18.0 Å². The normalized spacial score (nSPS) is 25.8. The summed E-state index contributed by atoms with van der Waals surface area (Å²) in [5.41, 5.74) is 0.740. The average molecular weight is 408 g/mol. The molecular weight excluding hydrogens is 387 g/mol. The molecule has 3 heterocycles. The molecular formula is C18H21FN4O6. The highest BCUT2D eigenvalue weighted by Crippen LogP contribution is 2.33. The number of cyclic esters (lactones) is 1. The van der Waals surface area contributed by atoms with Gasteiger partial charge in [-0.3, -0.25) is 4.90 Å². The van der Waals surface area contributed by atoms with Crippen molar-refractivity contribution in [3.8, 4) is 0 Å². The van der Waals surface area contributed by atoms with E-state index in [1.807, 2.05) is 4.90 Å². The lowest BCUT2D eigenvalue weighted by atomic mass is 10.2. The molecule has 0 bridgehead atoms. The monoisotopic (exact) mass is 408 g/mol. The van der Waals surface area contributed by atoms with Crippen molar-refractivity contribution in [1.29, 1.82) is 0 Å². The maximum atomic E-state index is 14.8. The van der Waals surface area contributed by atoms with Crippen molar-refractivity contribution in [3.05, 3.63) is 24.0 Å². The minimum absolute atomic E-state index is 0.0955. The number of fused-ring (bicyclic) bond motifs is 1. The third kappa shape index (κ3) is 3.47. The van der Waals surface area contributed by atoms with Crippen LogP contribution in [0.1, 0.15) is 0 Å². The van der Waals surface area contributed by atoms with Crippen LogP contribution in [0.3, 0.4) is 0 Å². The molecule has 0 spiro atoms. The van der Waals surface area contributed by atoms with E-state index in [2.05, 4.69) is 10.1 Å². The van der Waals surface area contributed by atoms with Gasteiger partial charge >= 0.3 is 18.3 Å². The molecule has 0 unspecified atom stereocenters. The number of ether oxygens (including phenoxy) is 3. The zero-order chi connectivity index (χ0) is 20.7. The van der Waals surface area contributed by atoms with Crippen molar-refractivity contribution in [2.75, 3.05) is 50.1 Å². The molecule has 1 aromatic rings. The second-order valence-electron chi connectivity index (χ2n) is 7.13. The summed E-state index contributed by atoms with van der Waals surface area (Å²) >= 11 is 0. The molecule has 3 aliphatic rings. The highest BCUT2D eigenvalue weighted by molar-refractivity contribution is 5.90. The van der Waals surface area contributed by atoms with Crippen molar-refractivity contribution in [1.82, 2.24) is 10.2 Å². The number of benzene rings is 1. The number of hydrogen-bond donors (Lipinski definition) is 1. The fourth-order valence-electron chi connectivity index (χ4n) is 3.82. The first-order valence-electron chi connectivity index (χ1n) is 9.15. The molecule has 0 aromatic heterocycles. The van der Waals surface area contributed by atoms with Gasteiger partial charge < -0.3 is 29.3 Å². The zero-order valence-corrected chi connectivity index (χ0v) is 16.0. The molecule has 10 nitrogen and oxygen atoms in total. The summed E-state index contributed by atoms with van der Waals surface area (Å²) in [5, 5.41) is 2.46. The van der Waals surface area contributed by atoms with E-state index < -0.39 is 24.1 Å². The van der Waals surface area contributed by atoms with Gasteiger partial charge in [0, 0.05) is 13.6 Å². The van der Waals surface area contributed by atoms with E-state index in [1.165, 1.54) is 23.0 Å². The molecule has 29 heavy (non-hydrogen) atoms. The Morgan fingerprint density at radius 3 is 2.72 bits per heavy atom. The molecule has 0 radical (unpaired) electrons. The van der Waals surface area contributed by atoms with Crippen LogP contribution in [0.5, 0.6) is 0 Å². The maximum Gasteiger partial charge on any atom is 0.414 e. The lowest BCUT2D eigenvalue weighted by Crippen LogP contribution is -2.35. The van der Waals surface area contributed by atoms with Gasteiger partial charge in [-0.1, -0.05) is 0 Å². The number of rotatable bonds is 4.